The molecule has 0 spiro atoms. The number of likely N-dealkylation sites (N-methyl/N-ethyl adjacent to an activating group) is 1. The summed E-state index contributed by atoms with van der Waals surface area (Å²) in [4.78, 5) is 29.0. The molecule has 3 aromatic heterocycles. The Bertz CT molecular complexity index is 1400. The van der Waals surface area contributed by atoms with E-state index in [1.165, 1.54) is 12.1 Å². The summed E-state index contributed by atoms with van der Waals surface area (Å²) in [6, 6.07) is 8.34. The van der Waals surface area contributed by atoms with Crippen LogP contribution >= 0.6 is 11.6 Å². The van der Waals surface area contributed by atoms with E-state index >= 15 is 0 Å². The van der Waals surface area contributed by atoms with Crippen LogP contribution in [0.1, 0.15) is 16.8 Å². The highest BCUT2D eigenvalue weighted by atomic mass is 35.5. The summed E-state index contributed by atoms with van der Waals surface area (Å²) in [6.07, 6.45) is 5.89. The number of amides is 1. The number of likely N-dealkylation sites (tertiary alicyclic amines) is 1. The lowest BCUT2D eigenvalue weighted by Gasteiger charge is -2.21. The molecule has 1 amide bonds. The van der Waals surface area contributed by atoms with Crippen molar-refractivity contribution < 1.29 is 9.18 Å². The Balaban J connectivity index is 1.55. The maximum absolute atomic E-state index is 13.8. The molecule has 1 unspecified atom stereocenters. The maximum atomic E-state index is 13.8. The molecule has 5 rings (SSSR count). The Morgan fingerprint density at radius 3 is 2.76 bits per heavy atom. The molecule has 34 heavy (non-hydrogen) atoms. The second-order valence-corrected chi connectivity index (χ2v) is 9.11. The molecule has 7 nitrogen and oxygen atoms in total. The van der Waals surface area contributed by atoms with Crippen molar-refractivity contribution in [2.24, 2.45) is 0 Å². The average molecular weight is 479 g/mol. The van der Waals surface area contributed by atoms with E-state index in [9.17, 15) is 9.18 Å². The van der Waals surface area contributed by atoms with Gasteiger partial charge in [-0.05, 0) is 44.3 Å². The minimum atomic E-state index is -0.337. The molecule has 4 aromatic rings. The second-order valence-electron chi connectivity index (χ2n) is 8.74. The number of benzene rings is 1. The van der Waals surface area contributed by atoms with E-state index in [-0.39, 0.29) is 17.5 Å². The highest BCUT2D eigenvalue weighted by Crippen LogP contribution is 2.39. The molecule has 1 saturated heterocycles. The third kappa shape index (κ3) is 3.89. The van der Waals surface area contributed by atoms with Crippen molar-refractivity contribution >= 4 is 34.4 Å². The summed E-state index contributed by atoms with van der Waals surface area (Å²) in [5.74, 6) is -0.311. The topological polar surface area (TPSA) is 91.1 Å². The minimum Gasteiger partial charge on any atom is -0.383 e. The van der Waals surface area contributed by atoms with Gasteiger partial charge in [0.05, 0.1) is 10.6 Å². The summed E-state index contributed by atoms with van der Waals surface area (Å²) in [7, 11) is 4.03. The number of carbonyl (C=O) groups excluding carboxylic acids is 1. The van der Waals surface area contributed by atoms with Gasteiger partial charge in [0.25, 0.3) is 5.91 Å². The van der Waals surface area contributed by atoms with Gasteiger partial charge in [0, 0.05) is 59.8 Å². The average Bonchev–Trinajstić information content (AvgIpc) is 3.48. The lowest BCUT2D eigenvalue weighted by atomic mass is 10.0. The number of anilines is 1. The van der Waals surface area contributed by atoms with E-state index < -0.39 is 0 Å². The zero-order chi connectivity index (χ0) is 24.0. The molecule has 1 aliphatic heterocycles. The van der Waals surface area contributed by atoms with Crippen LogP contribution in [0.25, 0.3) is 33.3 Å². The van der Waals surface area contributed by atoms with Crippen molar-refractivity contribution in [2.45, 2.75) is 12.5 Å². The van der Waals surface area contributed by atoms with Crippen molar-refractivity contribution in [3.8, 4) is 22.3 Å². The first-order chi connectivity index (χ1) is 16.3. The summed E-state index contributed by atoms with van der Waals surface area (Å²) in [6.45, 7) is 1.31. The molecular formula is C25H24ClFN6O. The number of hydrogen-bond acceptors (Lipinski definition) is 5. The van der Waals surface area contributed by atoms with Crippen LogP contribution in [0.3, 0.4) is 0 Å². The Kier molecular flexibility index (Phi) is 5.71. The van der Waals surface area contributed by atoms with Crippen LogP contribution in [-0.4, -0.2) is 63.9 Å². The Hall–Kier alpha value is -3.49. The molecule has 0 radical (unpaired) electrons. The number of H-pyrrole nitrogens is 1. The van der Waals surface area contributed by atoms with Crippen LogP contribution < -0.4 is 5.73 Å². The number of nitrogens with two attached hydrogens (primary N) is 1. The molecule has 1 atom stereocenters. The number of nitrogen functional groups attached to an aromatic ring is 1. The molecule has 4 heterocycles. The molecule has 3 N–H and O–H groups in total. The molecule has 0 aliphatic carbocycles. The molecular weight excluding hydrogens is 455 g/mol. The fourth-order valence-corrected chi connectivity index (χ4v) is 4.80. The van der Waals surface area contributed by atoms with Gasteiger partial charge in [-0.25, -0.2) is 14.4 Å². The summed E-state index contributed by atoms with van der Waals surface area (Å²) >= 11 is 6.85. The third-order valence-electron chi connectivity index (χ3n) is 6.41. The Morgan fingerprint density at radius 2 is 2.03 bits per heavy atom. The van der Waals surface area contributed by atoms with Crippen LogP contribution in [0.15, 0.2) is 48.9 Å². The standard InChI is InChI=1S/C25H24ClFN6O/c1-32(2)17-6-7-33(13-17)25(34)18-9-15(10-29-23(18)28)20-12-31-24-21(22(20)26)19(11-30-24)14-4-3-5-16(27)8-14/h3-5,8-12,17H,6-7,13H2,1-2H3,(H2,28,29)(H,30,31). The fraction of sp³-hybridized carbons (Fsp3) is 0.240. The van der Waals surface area contributed by atoms with Gasteiger partial charge in [0.2, 0.25) is 0 Å². The summed E-state index contributed by atoms with van der Waals surface area (Å²) in [5, 5.41) is 1.10. The summed E-state index contributed by atoms with van der Waals surface area (Å²) < 4.78 is 13.8. The van der Waals surface area contributed by atoms with Gasteiger partial charge in [-0.2, -0.15) is 0 Å². The quantitative estimate of drug-likeness (QED) is 0.452. The van der Waals surface area contributed by atoms with E-state index in [4.69, 9.17) is 17.3 Å². The second kappa shape index (κ2) is 8.70. The van der Waals surface area contributed by atoms with Crippen LogP contribution in [0, 0.1) is 5.82 Å². The zero-order valence-electron chi connectivity index (χ0n) is 18.8. The van der Waals surface area contributed by atoms with Crippen molar-refractivity contribution in [3.05, 3.63) is 65.3 Å². The van der Waals surface area contributed by atoms with Crippen LogP contribution in [0.4, 0.5) is 10.2 Å². The normalized spacial score (nSPS) is 16.0. The largest absolute Gasteiger partial charge is 0.383 e. The van der Waals surface area contributed by atoms with Gasteiger partial charge in [0.1, 0.15) is 17.3 Å². The lowest BCUT2D eigenvalue weighted by molar-refractivity contribution is 0.0784. The van der Waals surface area contributed by atoms with Crippen molar-refractivity contribution in [1.82, 2.24) is 24.8 Å². The number of aromatic amines is 1. The smallest absolute Gasteiger partial charge is 0.257 e. The number of fused-ring (bicyclic) bond motifs is 1. The number of rotatable bonds is 4. The van der Waals surface area contributed by atoms with E-state index in [2.05, 4.69) is 19.9 Å². The van der Waals surface area contributed by atoms with Crippen LogP contribution in [-0.2, 0) is 0 Å². The summed E-state index contributed by atoms with van der Waals surface area (Å²) in [5.41, 5.74) is 9.68. The van der Waals surface area contributed by atoms with E-state index in [0.29, 0.717) is 57.4 Å². The first-order valence-electron chi connectivity index (χ1n) is 11.0. The van der Waals surface area contributed by atoms with Gasteiger partial charge in [-0.15, -0.1) is 0 Å². The first kappa shape index (κ1) is 22.3. The van der Waals surface area contributed by atoms with Crippen molar-refractivity contribution in [2.75, 3.05) is 32.9 Å². The number of nitrogens with one attached hydrogen (secondary N) is 1. The maximum Gasteiger partial charge on any atom is 0.257 e. The molecule has 1 fully saturated rings. The molecule has 174 valence electrons. The molecule has 9 heteroatoms. The molecule has 1 aliphatic rings. The molecule has 0 bridgehead atoms. The predicted molar refractivity (Wildman–Crippen MR) is 132 cm³/mol. The Morgan fingerprint density at radius 1 is 1.21 bits per heavy atom. The van der Waals surface area contributed by atoms with Crippen LogP contribution in [0.2, 0.25) is 5.02 Å². The van der Waals surface area contributed by atoms with Gasteiger partial charge < -0.3 is 20.5 Å². The number of aromatic nitrogens is 3. The van der Waals surface area contributed by atoms with Crippen molar-refractivity contribution in [1.29, 1.82) is 0 Å². The molecule has 1 aromatic carbocycles. The van der Waals surface area contributed by atoms with E-state index in [1.54, 1.807) is 35.6 Å². The number of halogens is 2. The zero-order valence-corrected chi connectivity index (χ0v) is 19.6. The number of pyridine rings is 2. The lowest BCUT2D eigenvalue weighted by Crippen LogP contribution is -2.34. The molecule has 0 saturated carbocycles. The van der Waals surface area contributed by atoms with Gasteiger partial charge in [-0.3, -0.25) is 4.79 Å². The first-order valence-corrected chi connectivity index (χ1v) is 11.3. The van der Waals surface area contributed by atoms with Gasteiger partial charge >= 0.3 is 0 Å². The third-order valence-corrected chi connectivity index (χ3v) is 6.81. The van der Waals surface area contributed by atoms with Gasteiger partial charge in [-0.1, -0.05) is 23.7 Å². The number of hydrogen-bond donors (Lipinski definition) is 2. The minimum absolute atomic E-state index is 0.150. The highest BCUT2D eigenvalue weighted by molar-refractivity contribution is 6.39. The number of nitrogens with zero attached hydrogens (tertiary/aromatic N) is 4. The highest BCUT2D eigenvalue weighted by Gasteiger charge is 2.29. The van der Waals surface area contributed by atoms with E-state index in [0.717, 1.165) is 12.0 Å². The van der Waals surface area contributed by atoms with Crippen molar-refractivity contribution in [3.63, 3.8) is 0 Å². The van der Waals surface area contributed by atoms with Crippen LogP contribution in [0.5, 0.6) is 0 Å². The SMILES string of the molecule is CN(C)C1CCN(C(=O)c2cc(-c3cnc4[nH]cc(-c5cccc(F)c5)c4c3Cl)cnc2N)C1. The van der Waals surface area contributed by atoms with Gasteiger partial charge in [0.15, 0.2) is 0 Å². The monoisotopic (exact) mass is 478 g/mol. The fourth-order valence-electron chi connectivity index (χ4n) is 4.45. The predicted octanol–water partition coefficient (Wildman–Crippen LogP) is 4.44. The number of carbonyl (C=O) groups is 1. The Labute approximate surface area is 201 Å². The van der Waals surface area contributed by atoms with E-state index in [1.807, 2.05) is 20.2 Å².